The van der Waals surface area contributed by atoms with Gasteiger partial charge in [-0.3, -0.25) is 9.69 Å². The molecule has 0 unspecified atom stereocenters. The molecule has 4 aliphatic rings. The largest absolute Gasteiger partial charge is 0.373 e. The summed E-state index contributed by atoms with van der Waals surface area (Å²) in [4.78, 5) is 18.1. The van der Waals surface area contributed by atoms with Crippen LogP contribution in [-0.2, 0) is 4.79 Å². The van der Waals surface area contributed by atoms with Gasteiger partial charge in [-0.05, 0) is 31.5 Å². The van der Waals surface area contributed by atoms with E-state index >= 15 is 0 Å². The van der Waals surface area contributed by atoms with Crippen LogP contribution < -0.4 is 10.6 Å². The molecular formula is C21H28N4O. The van der Waals surface area contributed by atoms with E-state index in [1.165, 1.54) is 5.56 Å². The fourth-order valence-corrected chi connectivity index (χ4v) is 5.40. The highest BCUT2D eigenvalue weighted by Crippen LogP contribution is 2.44. The molecule has 5 atom stereocenters. The summed E-state index contributed by atoms with van der Waals surface area (Å²) in [7, 11) is 2.19. The maximum atomic E-state index is 13.1. The molecule has 5 nitrogen and oxygen atoms in total. The first-order chi connectivity index (χ1) is 12.7. The minimum Gasteiger partial charge on any atom is -0.373 e. The molecule has 5 rings (SSSR count). The topological polar surface area (TPSA) is 47.6 Å². The Hall–Kier alpha value is -1.85. The lowest BCUT2D eigenvalue weighted by atomic mass is 9.79. The molecule has 3 heterocycles. The van der Waals surface area contributed by atoms with Crippen molar-refractivity contribution in [2.75, 3.05) is 38.5 Å². The van der Waals surface area contributed by atoms with Crippen LogP contribution in [0.5, 0.6) is 0 Å². The van der Waals surface area contributed by atoms with Crippen molar-refractivity contribution >= 4 is 11.6 Å². The Kier molecular flexibility index (Phi) is 4.02. The summed E-state index contributed by atoms with van der Waals surface area (Å²) in [6.45, 7) is 4.38. The highest BCUT2D eigenvalue weighted by Gasteiger charge is 2.42. The number of carbonyl (C=O) groups is 1. The number of fused-ring (bicyclic) bond motifs is 4. The van der Waals surface area contributed by atoms with Gasteiger partial charge in [-0.25, -0.2) is 0 Å². The molecule has 26 heavy (non-hydrogen) atoms. The Morgan fingerprint density at radius 1 is 1.23 bits per heavy atom. The number of piperazine rings is 1. The number of likely N-dealkylation sites (N-methyl/N-ethyl adjacent to an activating group) is 1. The second kappa shape index (κ2) is 6.39. The molecular weight excluding hydrogens is 324 g/mol. The van der Waals surface area contributed by atoms with E-state index in [2.05, 4.69) is 57.8 Å². The lowest BCUT2D eigenvalue weighted by Crippen LogP contribution is -2.51. The number of hydrogen-bond acceptors (Lipinski definition) is 4. The van der Waals surface area contributed by atoms with Crippen molar-refractivity contribution in [2.24, 2.45) is 5.92 Å². The number of carbonyl (C=O) groups excluding carboxylic acids is 1. The van der Waals surface area contributed by atoms with Crippen LogP contribution >= 0.6 is 0 Å². The van der Waals surface area contributed by atoms with Gasteiger partial charge in [0.2, 0.25) is 5.91 Å². The molecule has 1 amide bonds. The van der Waals surface area contributed by atoms with E-state index in [1.54, 1.807) is 0 Å². The van der Waals surface area contributed by atoms with Gasteiger partial charge in [-0.2, -0.15) is 0 Å². The Bertz CT molecular complexity index is 732. The lowest BCUT2D eigenvalue weighted by molar-refractivity contribution is -0.123. The second-order valence-electron chi connectivity index (χ2n) is 8.41. The van der Waals surface area contributed by atoms with E-state index < -0.39 is 0 Å². The summed E-state index contributed by atoms with van der Waals surface area (Å²) in [6, 6.07) is 9.18. The molecule has 0 saturated carbocycles. The van der Waals surface area contributed by atoms with Gasteiger partial charge in [0.1, 0.15) is 6.04 Å². The van der Waals surface area contributed by atoms with Crippen molar-refractivity contribution < 1.29 is 4.79 Å². The fraction of sp³-hybridized carbons (Fsp3) is 0.571. The van der Waals surface area contributed by atoms with E-state index in [1.807, 2.05) is 6.07 Å². The number of amides is 1. The third-order valence-electron chi connectivity index (χ3n) is 6.72. The van der Waals surface area contributed by atoms with Crippen molar-refractivity contribution in [2.45, 2.75) is 36.9 Å². The van der Waals surface area contributed by atoms with Gasteiger partial charge < -0.3 is 15.5 Å². The smallest absolute Gasteiger partial charge is 0.243 e. The van der Waals surface area contributed by atoms with Crippen LogP contribution in [0, 0.1) is 5.92 Å². The van der Waals surface area contributed by atoms with Crippen LogP contribution in [0.3, 0.4) is 0 Å². The van der Waals surface area contributed by atoms with E-state index in [9.17, 15) is 4.79 Å². The average molecular weight is 352 g/mol. The molecule has 138 valence electrons. The predicted molar refractivity (Wildman–Crippen MR) is 103 cm³/mol. The lowest BCUT2D eigenvalue weighted by Gasteiger charge is -2.36. The minimum atomic E-state index is -0.134. The van der Waals surface area contributed by atoms with Crippen LogP contribution in [0.4, 0.5) is 5.69 Å². The molecule has 2 saturated heterocycles. The number of rotatable bonds is 2. The van der Waals surface area contributed by atoms with Crippen LogP contribution in [0.25, 0.3) is 0 Å². The van der Waals surface area contributed by atoms with Gasteiger partial charge in [0.25, 0.3) is 0 Å². The molecule has 2 N–H and O–H groups in total. The number of nitrogens with zero attached hydrogens (tertiary/aromatic N) is 2. The normalized spacial score (nSPS) is 36.1. The third kappa shape index (κ3) is 2.74. The molecule has 1 aliphatic carbocycles. The van der Waals surface area contributed by atoms with Gasteiger partial charge in [-0.15, -0.1) is 0 Å². The molecule has 0 radical (unpaired) electrons. The quantitative estimate of drug-likeness (QED) is 0.795. The number of para-hydroxylation sites is 1. The molecule has 5 heteroatoms. The Morgan fingerprint density at radius 2 is 2.12 bits per heavy atom. The maximum absolute atomic E-state index is 13.1. The Balaban J connectivity index is 1.29. The Morgan fingerprint density at radius 3 is 3.04 bits per heavy atom. The van der Waals surface area contributed by atoms with Gasteiger partial charge >= 0.3 is 0 Å². The monoisotopic (exact) mass is 352 g/mol. The minimum absolute atomic E-state index is 0.134. The van der Waals surface area contributed by atoms with Crippen molar-refractivity contribution in [1.82, 2.24) is 15.1 Å². The maximum Gasteiger partial charge on any atom is 0.243 e. The number of allylic oxidation sites excluding steroid dienone is 2. The van der Waals surface area contributed by atoms with Gasteiger partial charge in [0.05, 0.1) is 0 Å². The highest BCUT2D eigenvalue weighted by atomic mass is 16.2. The zero-order valence-electron chi connectivity index (χ0n) is 15.4. The average Bonchev–Trinajstić information content (AvgIpc) is 3.27. The fourth-order valence-electron chi connectivity index (χ4n) is 5.40. The van der Waals surface area contributed by atoms with Gasteiger partial charge in [0, 0.05) is 55.8 Å². The summed E-state index contributed by atoms with van der Waals surface area (Å²) in [6.07, 6.45) is 6.58. The SMILES string of the molecule is CN1CCN2C[C@@H](NC(=O)[C@H]3Nc4ccccc4[C@H]4C=CC[C@@H]34)C[C@H]2C1. The molecule has 0 aromatic heterocycles. The first-order valence-electron chi connectivity index (χ1n) is 9.94. The number of nitrogens with one attached hydrogen (secondary N) is 2. The zero-order valence-corrected chi connectivity index (χ0v) is 15.4. The second-order valence-corrected chi connectivity index (χ2v) is 8.41. The van der Waals surface area contributed by atoms with Gasteiger partial charge in [0.15, 0.2) is 0 Å². The number of hydrogen-bond donors (Lipinski definition) is 2. The summed E-state index contributed by atoms with van der Waals surface area (Å²) in [5, 5.41) is 6.91. The van der Waals surface area contributed by atoms with E-state index in [0.29, 0.717) is 17.9 Å². The van der Waals surface area contributed by atoms with Crippen LogP contribution in [0.15, 0.2) is 36.4 Å². The summed E-state index contributed by atoms with van der Waals surface area (Å²) in [5.41, 5.74) is 2.45. The molecule has 2 fully saturated rings. The van der Waals surface area contributed by atoms with Crippen molar-refractivity contribution in [3.8, 4) is 0 Å². The summed E-state index contributed by atoms with van der Waals surface area (Å²) < 4.78 is 0. The third-order valence-corrected chi connectivity index (χ3v) is 6.72. The van der Waals surface area contributed by atoms with Crippen molar-refractivity contribution in [3.63, 3.8) is 0 Å². The van der Waals surface area contributed by atoms with Crippen LogP contribution in [-0.4, -0.2) is 67.1 Å². The summed E-state index contributed by atoms with van der Waals surface area (Å²) >= 11 is 0. The van der Waals surface area contributed by atoms with E-state index in [-0.39, 0.29) is 18.0 Å². The standard InChI is InChI=1S/C21H28N4O/c1-24-9-10-25-12-14(11-15(25)13-24)22-21(26)20-18-7-4-6-16(18)17-5-2-3-8-19(17)23-20/h2-6,8,14-16,18,20,23H,7,9-13H2,1H3,(H,22,26)/t14-,15-,16+,18+,20-/m0/s1. The highest BCUT2D eigenvalue weighted by molar-refractivity contribution is 5.87. The van der Waals surface area contributed by atoms with E-state index in [4.69, 9.17) is 0 Å². The molecule has 1 aromatic rings. The molecule has 3 aliphatic heterocycles. The number of anilines is 1. The Labute approximate surface area is 155 Å². The molecule has 0 spiro atoms. The van der Waals surface area contributed by atoms with Crippen molar-refractivity contribution in [3.05, 3.63) is 42.0 Å². The molecule has 1 aromatic carbocycles. The number of benzene rings is 1. The first kappa shape index (κ1) is 16.3. The van der Waals surface area contributed by atoms with Gasteiger partial charge in [-0.1, -0.05) is 30.4 Å². The van der Waals surface area contributed by atoms with Crippen LogP contribution in [0.1, 0.15) is 24.3 Å². The first-order valence-corrected chi connectivity index (χ1v) is 9.94. The molecule has 0 bridgehead atoms. The van der Waals surface area contributed by atoms with Crippen LogP contribution in [0.2, 0.25) is 0 Å². The predicted octanol–water partition coefficient (Wildman–Crippen LogP) is 1.64. The van der Waals surface area contributed by atoms with Crippen molar-refractivity contribution in [1.29, 1.82) is 0 Å². The summed E-state index contributed by atoms with van der Waals surface area (Å²) in [5.74, 6) is 0.878. The van der Waals surface area contributed by atoms with E-state index in [0.717, 1.165) is 44.7 Å². The zero-order chi connectivity index (χ0) is 17.7.